The molecule has 1 aliphatic rings. The maximum absolute atomic E-state index is 12.0. The van der Waals surface area contributed by atoms with Crippen LogP contribution in [0.2, 0.25) is 0 Å². The molecular weight excluding hydrogens is 290 g/mol. The fourth-order valence-corrected chi connectivity index (χ4v) is 2.72. The number of carbonyl (C=O) groups is 2. The number of aryl methyl sites for hydroxylation is 1. The fourth-order valence-electron chi connectivity index (χ4n) is 2.72. The van der Waals surface area contributed by atoms with Gasteiger partial charge >= 0.3 is 0 Å². The summed E-state index contributed by atoms with van der Waals surface area (Å²) in [5, 5.41) is 7.81. The SMILES string of the molecule is CC.CC#Cc1ccc2c(C3CCC(=O)NC3=O)nn(C)c2c1. The van der Waals surface area contributed by atoms with Gasteiger partial charge in [-0.15, -0.1) is 5.92 Å². The summed E-state index contributed by atoms with van der Waals surface area (Å²) in [5.41, 5.74) is 2.59. The van der Waals surface area contributed by atoms with E-state index >= 15 is 0 Å². The van der Waals surface area contributed by atoms with Crippen molar-refractivity contribution in [3.63, 3.8) is 0 Å². The normalized spacial score (nSPS) is 17.0. The summed E-state index contributed by atoms with van der Waals surface area (Å²) in [6, 6.07) is 5.84. The van der Waals surface area contributed by atoms with Crippen molar-refractivity contribution in [2.75, 3.05) is 0 Å². The minimum Gasteiger partial charge on any atom is -0.296 e. The zero-order valence-electron chi connectivity index (χ0n) is 13.9. The van der Waals surface area contributed by atoms with Gasteiger partial charge in [-0.25, -0.2) is 0 Å². The number of imide groups is 1. The second-order valence-electron chi connectivity index (χ2n) is 5.12. The second-order valence-corrected chi connectivity index (χ2v) is 5.12. The minimum atomic E-state index is -0.366. The van der Waals surface area contributed by atoms with Crippen LogP contribution in [-0.4, -0.2) is 21.6 Å². The van der Waals surface area contributed by atoms with E-state index in [0.29, 0.717) is 12.8 Å². The number of piperidine rings is 1. The van der Waals surface area contributed by atoms with Gasteiger partial charge in [-0.1, -0.05) is 19.8 Å². The number of aromatic nitrogens is 2. The van der Waals surface area contributed by atoms with Gasteiger partial charge in [-0.2, -0.15) is 5.10 Å². The van der Waals surface area contributed by atoms with Gasteiger partial charge in [0.1, 0.15) is 0 Å². The lowest BCUT2D eigenvalue weighted by Gasteiger charge is -2.19. The third-order valence-corrected chi connectivity index (χ3v) is 3.72. The monoisotopic (exact) mass is 311 g/mol. The van der Waals surface area contributed by atoms with Crippen LogP contribution < -0.4 is 5.32 Å². The Morgan fingerprint density at radius 1 is 1.30 bits per heavy atom. The van der Waals surface area contributed by atoms with Crippen LogP contribution in [-0.2, 0) is 16.6 Å². The van der Waals surface area contributed by atoms with Gasteiger partial charge in [-0.3, -0.25) is 19.6 Å². The van der Waals surface area contributed by atoms with E-state index in [1.807, 2.05) is 39.1 Å². The van der Waals surface area contributed by atoms with E-state index in [0.717, 1.165) is 22.2 Å². The Balaban J connectivity index is 0.000000924. The molecular formula is C18H21N3O2. The molecule has 5 heteroatoms. The number of amides is 2. The Labute approximate surface area is 136 Å². The van der Waals surface area contributed by atoms with Crippen molar-refractivity contribution >= 4 is 22.7 Å². The van der Waals surface area contributed by atoms with E-state index in [1.165, 1.54) is 0 Å². The van der Waals surface area contributed by atoms with Crippen LogP contribution in [0.4, 0.5) is 0 Å². The largest absolute Gasteiger partial charge is 0.296 e. The van der Waals surface area contributed by atoms with Crippen molar-refractivity contribution in [2.24, 2.45) is 7.05 Å². The molecule has 120 valence electrons. The van der Waals surface area contributed by atoms with E-state index in [2.05, 4.69) is 22.3 Å². The summed E-state index contributed by atoms with van der Waals surface area (Å²) in [6.07, 6.45) is 0.862. The molecule has 5 nitrogen and oxygen atoms in total. The molecule has 1 unspecified atom stereocenters. The third-order valence-electron chi connectivity index (χ3n) is 3.72. The number of nitrogens with one attached hydrogen (secondary N) is 1. The first kappa shape index (κ1) is 16.8. The highest BCUT2D eigenvalue weighted by molar-refractivity contribution is 6.02. The molecule has 2 aromatic rings. The molecule has 2 amide bonds. The van der Waals surface area contributed by atoms with Gasteiger partial charge in [0.05, 0.1) is 17.1 Å². The molecule has 3 rings (SSSR count). The van der Waals surface area contributed by atoms with Crippen LogP contribution in [0.25, 0.3) is 10.9 Å². The summed E-state index contributed by atoms with van der Waals surface area (Å²) in [4.78, 5) is 23.3. The van der Waals surface area contributed by atoms with Gasteiger partial charge in [0, 0.05) is 24.4 Å². The van der Waals surface area contributed by atoms with Crippen LogP contribution in [0, 0.1) is 11.8 Å². The molecule has 2 heterocycles. The lowest BCUT2D eigenvalue weighted by Crippen LogP contribution is -2.39. The first-order valence-corrected chi connectivity index (χ1v) is 7.83. The first-order chi connectivity index (χ1) is 11.1. The first-order valence-electron chi connectivity index (χ1n) is 7.83. The van der Waals surface area contributed by atoms with E-state index < -0.39 is 0 Å². The Morgan fingerprint density at radius 2 is 2.04 bits per heavy atom. The molecule has 1 aromatic carbocycles. The molecule has 0 bridgehead atoms. The average molecular weight is 311 g/mol. The number of fused-ring (bicyclic) bond motifs is 1. The lowest BCUT2D eigenvalue weighted by atomic mass is 9.92. The van der Waals surface area contributed by atoms with Crippen LogP contribution in [0.1, 0.15) is 50.8 Å². The summed E-state index contributed by atoms with van der Waals surface area (Å²) >= 11 is 0. The molecule has 0 aliphatic carbocycles. The Bertz CT molecular complexity index is 809. The molecule has 23 heavy (non-hydrogen) atoms. The van der Waals surface area contributed by atoms with Crippen LogP contribution in [0.3, 0.4) is 0 Å². The van der Waals surface area contributed by atoms with Gasteiger partial charge < -0.3 is 0 Å². The maximum atomic E-state index is 12.0. The zero-order valence-corrected chi connectivity index (χ0v) is 13.9. The lowest BCUT2D eigenvalue weighted by molar-refractivity contribution is -0.134. The summed E-state index contributed by atoms with van der Waals surface area (Å²) < 4.78 is 1.76. The van der Waals surface area contributed by atoms with E-state index in [1.54, 1.807) is 11.6 Å². The highest BCUT2D eigenvalue weighted by atomic mass is 16.2. The van der Waals surface area contributed by atoms with E-state index in [9.17, 15) is 9.59 Å². The molecule has 1 fully saturated rings. The summed E-state index contributed by atoms with van der Waals surface area (Å²) in [5.74, 6) is 5.05. The van der Waals surface area contributed by atoms with E-state index in [4.69, 9.17) is 0 Å². The Morgan fingerprint density at radius 3 is 2.70 bits per heavy atom. The average Bonchev–Trinajstić information content (AvgIpc) is 2.86. The Hall–Kier alpha value is -2.61. The predicted molar refractivity (Wildman–Crippen MR) is 89.7 cm³/mol. The number of hydrogen-bond acceptors (Lipinski definition) is 3. The highest BCUT2D eigenvalue weighted by Crippen LogP contribution is 2.30. The topological polar surface area (TPSA) is 64.0 Å². The van der Waals surface area contributed by atoms with Crippen LogP contribution >= 0.6 is 0 Å². The Kier molecular flexibility index (Phi) is 5.17. The van der Waals surface area contributed by atoms with Crippen molar-refractivity contribution in [3.05, 3.63) is 29.5 Å². The quantitative estimate of drug-likeness (QED) is 0.650. The molecule has 0 spiro atoms. The van der Waals surface area contributed by atoms with Crippen molar-refractivity contribution in [2.45, 2.75) is 39.5 Å². The smallest absolute Gasteiger partial charge is 0.235 e. The van der Waals surface area contributed by atoms with Gasteiger partial charge in [0.2, 0.25) is 11.8 Å². The van der Waals surface area contributed by atoms with Crippen molar-refractivity contribution in [3.8, 4) is 11.8 Å². The van der Waals surface area contributed by atoms with Crippen molar-refractivity contribution < 1.29 is 9.59 Å². The fraction of sp³-hybridized carbons (Fsp3) is 0.389. The molecule has 1 aromatic heterocycles. The maximum Gasteiger partial charge on any atom is 0.235 e. The zero-order chi connectivity index (χ0) is 17.0. The van der Waals surface area contributed by atoms with Crippen molar-refractivity contribution in [1.82, 2.24) is 15.1 Å². The molecule has 1 atom stereocenters. The predicted octanol–water partition coefficient (Wildman–Crippen LogP) is 2.49. The standard InChI is InChI=1S/C16H15N3O2.C2H6/c1-3-4-10-5-6-11-13(9-10)19(2)18-15(11)12-7-8-14(20)17-16(12)21;1-2/h5-6,9,12H,7-8H2,1-2H3,(H,17,20,21);1-2H3. The second kappa shape index (κ2) is 7.10. The van der Waals surface area contributed by atoms with Gasteiger partial charge in [-0.05, 0) is 31.5 Å². The number of hydrogen-bond donors (Lipinski definition) is 1. The van der Waals surface area contributed by atoms with Crippen LogP contribution in [0.5, 0.6) is 0 Å². The number of rotatable bonds is 1. The third kappa shape index (κ3) is 3.26. The van der Waals surface area contributed by atoms with Crippen molar-refractivity contribution in [1.29, 1.82) is 0 Å². The molecule has 0 saturated carbocycles. The number of benzene rings is 1. The highest BCUT2D eigenvalue weighted by Gasteiger charge is 2.31. The molecule has 1 saturated heterocycles. The number of carbonyl (C=O) groups excluding carboxylic acids is 2. The molecule has 1 N–H and O–H groups in total. The molecule has 0 radical (unpaired) electrons. The number of nitrogens with zero attached hydrogens (tertiary/aromatic N) is 2. The molecule has 1 aliphatic heterocycles. The van der Waals surface area contributed by atoms with E-state index in [-0.39, 0.29) is 17.7 Å². The minimum absolute atomic E-state index is 0.211. The van der Waals surface area contributed by atoms with Gasteiger partial charge in [0.15, 0.2) is 0 Å². The summed E-state index contributed by atoms with van der Waals surface area (Å²) in [6.45, 7) is 5.79. The summed E-state index contributed by atoms with van der Waals surface area (Å²) in [7, 11) is 1.85. The van der Waals surface area contributed by atoms with Gasteiger partial charge in [0.25, 0.3) is 0 Å². The van der Waals surface area contributed by atoms with Crippen LogP contribution in [0.15, 0.2) is 18.2 Å².